The molecule has 0 spiro atoms. The van der Waals surface area contributed by atoms with Crippen molar-refractivity contribution >= 4 is 29.4 Å². The molecule has 1 aromatic heterocycles. The predicted octanol–water partition coefficient (Wildman–Crippen LogP) is 2.75. The number of nitrogens with zero attached hydrogens (tertiary/aromatic N) is 5. The van der Waals surface area contributed by atoms with Gasteiger partial charge in [0.15, 0.2) is 0 Å². The highest BCUT2D eigenvalue weighted by atomic mass is 35.5. The lowest BCUT2D eigenvalue weighted by Crippen LogP contribution is -2.46. The molecule has 9 nitrogen and oxygen atoms in total. The quantitative estimate of drug-likeness (QED) is 0.807. The second-order valence-electron chi connectivity index (χ2n) is 7.13. The molecule has 1 N–H and O–H groups in total. The summed E-state index contributed by atoms with van der Waals surface area (Å²) in [6.07, 6.45) is 2.96. The van der Waals surface area contributed by atoms with Gasteiger partial charge in [-0.3, -0.25) is 4.90 Å². The van der Waals surface area contributed by atoms with Gasteiger partial charge < -0.3 is 10.1 Å². The molecule has 2 aliphatic heterocycles. The number of carbonyl (C=O) groups excluding carboxylic acids is 2. The fourth-order valence-corrected chi connectivity index (χ4v) is 3.52. The third-order valence-corrected chi connectivity index (χ3v) is 5.33. The van der Waals surface area contributed by atoms with Crippen molar-refractivity contribution in [2.45, 2.75) is 25.9 Å². The minimum absolute atomic E-state index is 0.232. The van der Waals surface area contributed by atoms with Gasteiger partial charge in [0.2, 0.25) is 0 Å². The molecule has 3 heterocycles. The number of amides is 3. The zero-order chi connectivity index (χ0) is 21.3. The second-order valence-corrected chi connectivity index (χ2v) is 7.57. The van der Waals surface area contributed by atoms with E-state index >= 15 is 0 Å². The van der Waals surface area contributed by atoms with Gasteiger partial charge in [-0.05, 0) is 26.0 Å². The number of ether oxygens (including phenoxy) is 1. The number of hydrogen-bond donors (Lipinski definition) is 1. The van der Waals surface area contributed by atoms with Gasteiger partial charge in [-0.25, -0.2) is 24.6 Å². The van der Waals surface area contributed by atoms with Gasteiger partial charge in [0.1, 0.15) is 12.4 Å². The van der Waals surface area contributed by atoms with Crippen LogP contribution in [0.1, 0.15) is 29.9 Å². The fraction of sp³-hybridized carbons (Fsp3) is 0.350. The number of cyclic esters (lactones) is 1. The monoisotopic (exact) mass is 428 g/mol. The van der Waals surface area contributed by atoms with E-state index < -0.39 is 12.1 Å². The average molecular weight is 429 g/mol. The van der Waals surface area contributed by atoms with Crippen molar-refractivity contribution in [3.8, 4) is 0 Å². The maximum Gasteiger partial charge on any atom is 0.410 e. The van der Waals surface area contributed by atoms with E-state index in [1.165, 1.54) is 5.01 Å². The first-order valence-corrected chi connectivity index (χ1v) is 9.94. The number of halogens is 1. The van der Waals surface area contributed by atoms with Gasteiger partial charge in [-0.1, -0.05) is 23.7 Å². The Hall–Kier alpha value is -3.20. The van der Waals surface area contributed by atoms with Crippen molar-refractivity contribution in [3.05, 3.63) is 58.6 Å². The van der Waals surface area contributed by atoms with Crippen LogP contribution in [0, 0.1) is 6.92 Å². The molecule has 2 aromatic rings. The Morgan fingerprint density at radius 2 is 1.97 bits per heavy atom. The van der Waals surface area contributed by atoms with E-state index in [1.807, 2.05) is 19.1 Å². The fourth-order valence-electron chi connectivity index (χ4n) is 3.39. The molecule has 2 atom stereocenters. The first-order chi connectivity index (χ1) is 14.4. The smallest absolute Gasteiger partial charge is 0.410 e. The average Bonchev–Trinajstić information content (AvgIpc) is 3.35. The van der Waals surface area contributed by atoms with Crippen LogP contribution in [-0.4, -0.2) is 63.5 Å². The molecule has 3 amide bonds. The molecular weight excluding hydrogens is 408 g/mol. The zero-order valence-electron chi connectivity index (χ0n) is 16.6. The van der Waals surface area contributed by atoms with Crippen LogP contribution >= 0.6 is 11.6 Å². The van der Waals surface area contributed by atoms with Crippen LogP contribution in [0.25, 0.3) is 0 Å². The number of rotatable bonds is 4. The predicted molar refractivity (Wildman–Crippen MR) is 110 cm³/mol. The van der Waals surface area contributed by atoms with Crippen LogP contribution in [0.4, 0.5) is 9.59 Å². The molecule has 1 fully saturated rings. The third kappa shape index (κ3) is 4.06. The second kappa shape index (κ2) is 8.27. The number of hydrazone groups is 1. The van der Waals surface area contributed by atoms with Gasteiger partial charge in [0.25, 0.3) is 0 Å². The Kier molecular flexibility index (Phi) is 5.54. The number of aryl methyl sites for hydroxylation is 1. The van der Waals surface area contributed by atoms with E-state index in [2.05, 4.69) is 20.4 Å². The summed E-state index contributed by atoms with van der Waals surface area (Å²) >= 11 is 6.00. The summed E-state index contributed by atoms with van der Waals surface area (Å²) in [4.78, 5) is 35.0. The largest absolute Gasteiger partial charge is 0.448 e. The lowest BCUT2D eigenvalue weighted by molar-refractivity contribution is 0.150. The summed E-state index contributed by atoms with van der Waals surface area (Å²) in [7, 11) is 0. The van der Waals surface area contributed by atoms with Gasteiger partial charge in [-0.15, -0.1) is 0 Å². The maximum absolute atomic E-state index is 12.9. The molecule has 0 unspecified atom stereocenters. The van der Waals surface area contributed by atoms with E-state index in [-0.39, 0.29) is 18.6 Å². The van der Waals surface area contributed by atoms with Gasteiger partial charge in [0, 0.05) is 28.5 Å². The molecule has 1 saturated heterocycles. The SMILES string of the molecule is Cc1ncc([C@@H](C)NC(=O)N2C[C@@H](N3CCOC3=O)C(c3ccc(Cl)cc3)=N2)cn1. The molecule has 0 bridgehead atoms. The van der Waals surface area contributed by atoms with Crippen molar-refractivity contribution in [2.24, 2.45) is 5.10 Å². The van der Waals surface area contributed by atoms with Crippen molar-refractivity contribution in [1.29, 1.82) is 0 Å². The molecule has 0 aliphatic carbocycles. The third-order valence-electron chi connectivity index (χ3n) is 5.07. The molecule has 2 aliphatic rings. The number of nitrogens with one attached hydrogen (secondary N) is 1. The first kappa shape index (κ1) is 20.1. The summed E-state index contributed by atoms with van der Waals surface area (Å²) in [6.45, 7) is 4.65. The van der Waals surface area contributed by atoms with Crippen molar-refractivity contribution in [3.63, 3.8) is 0 Å². The van der Waals surface area contributed by atoms with Crippen LogP contribution in [0.3, 0.4) is 0 Å². The van der Waals surface area contributed by atoms with E-state index in [9.17, 15) is 9.59 Å². The van der Waals surface area contributed by atoms with E-state index in [0.29, 0.717) is 29.7 Å². The summed E-state index contributed by atoms with van der Waals surface area (Å²) < 4.78 is 5.09. The minimum Gasteiger partial charge on any atom is -0.448 e. The summed E-state index contributed by atoms with van der Waals surface area (Å²) in [5, 5.41) is 9.36. The van der Waals surface area contributed by atoms with Gasteiger partial charge in [0.05, 0.1) is 30.9 Å². The highest BCUT2D eigenvalue weighted by molar-refractivity contribution is 6.30. The number of hydrogen-bond acceptors (Lipinski definition) is 6. The Morgan fingerprint density at radius 1 is 1.27 bits per heavy atom. The van der Waals surface area contributed by atoms with E-state index in [4.69, 9.17) is 16.3 Å². The lowest BCUT2D eigenvalue weighted by atomic mass is 10.0. The minimum atomic E-state index is -0.408. The maximum atomic E-state index is 12.9. The summed E-state index contributed by atoms with van der Waals surface area (Å²) in [5.74, 6) is 0.661. The van der Waals surface area contributed by atoms with Crippen LogP contribution in [0.5, 0.6) is 0 Å². The number of aromatic nitrogens is 2. The molecule has 30 heavy (non-hydrogen) atoms. The highest BCUT2D eigenvalue weighted by Crippen LogP contribution is 2.23. The standard InChI is InChI=1S/C20H21ClN6O3/c1-12(15-9-22-13(2)23-10-15)24-19(28)27-11-17(26-7-8-30-20(26)29)18(25-27)14-3-5-16(21)6-4-14/h3-6,9-10,12,17H,7-8,11H2,1-2H3,(H,24,28)/t12-,17-/m1/s1. The van der Waals surface area contributed by atoms with Gasteiger partial charge >= 0.3 is 12.1 Å². The van der Waals surface area contributed by atoms with E-state index in [0.717, 1.165) is 11.1 Å². The molecule has 10 heteroatoms. The number of carbonyl (C=O) groups is 2. The summed E-state index contributed by atoms with van der Waals surface area (Å²) in [6, 6.07) is 6.08. The molecule has 4 rings (SSSR count). The topological polar surface area (TPSA) is 100 Å². The molecule has 1 aromatic carbocycles. The zero-order valence-corrected chi connectivity index (χ0v) is 17.3. The number of benzene rings is 1. The molecule has 156 valence electrons. The van der Waals surface area contributed by atoms with Crippen molar-refractivity contribution in [1.82, 2.24) is 25.2 Å². The van der Waals surface area contributed by atoms with Gasteiger partial charge in [-0.2, -0.15) is 5.10 Å². The van der Waals surface area contributed by atoms with Crippen LogP contribution in [0.15, 0.2) is 41.8 Å². The summed E-state index contributed by atoms with van der Waals surface area (Å²) in [5.41, 5.74) is 2.20. The van der Waals surface area contributed by atoms with Crippen molar-refractivity contribution in [2.75, 3.05) is 19.7 Å². The normalized spacial score (nSPS) is 19.5. The van der Waals surface area contributed by atoms with Crippen LogP contribution < -0.4 is 5.32 Å². The Bertz CT molecular complexity index is 979. The Morgan fingerprint density at radius 3 is 2.60 bits per heavy atom. The van der Waals surface area contributed by atoms with Crippen LogP contribution in [0.2, 0.25) is 5.02 Å². The Labute approximate surface area is 178 Å². The first-order valence-electron chi connectivity index (χ1n) is 9.57. The number of urea groups is 1. The van der Waals surface area contributed by atoms with E-state index in [1.54, 1.807) is 36.4 Å². The lowest BCUT2D eigenvalue weighted by Gasteiger charge is -2.23. The Balaban J connectivity index is 1.55. The molecule has 0 saturated carbocycles. The van der Waals surface area contributed by atoms with Crippen LogP contribution in [-0.2, 0) is 4.74 Å². The highest BCUT2D eigenvalue weighted by Gasteiger charge is 2.40. The van der Waals surface area contributed by atoms with Crippen molar-refractivity contribution < 1.29 is 14.3 Å². The molecular formula is C20H21ClN6O3. The molecule has 0 radical (unpaired) electrons.